The van der Waals surface area contributed by atoms with Crippen LogP contribution in [0.5, 0.6) is 0 Å². The molecular weight excluding hydrogens is 285 g/mol. The molecule has 0 unspecified atom stereocenters. The van der Waals surface area contributed by atoms with Crippen LogP contribution in [-0.4, -0.2) is 0 Å². The summed E-state index contributed by atoms with van der Waals surface area (Å²) in [5, 5.41) is 0. The summed E-state index contributed by atoms with van der Waals surface area (Å²) in [4.78, 5) is 0. The Hall–Kier alpha value is -0.0900. The molecule has 14 heavy (non-hydrogen) atoms. The van der Waals surface area contributed by atoms with Gasteiger partial charge in [0, 0.05) is 8.96 Å². The van der Waals surface area contributed by atoms with Gasteiger partial charge in [0.15, 0.2) is 0 Å². The van der Waals surface area contributed by atoms with Gasteiger partial charge in [0.05, 0.1) is 0 Å². The first-order valence-electron chi connectivity index (χ1n) is 4.81. The second-order valence-corrected chi connectivity index (χ2v) is 7.44. The Kier molecular flexibility index (Phi) is 3.26. The zero-order valence-corrected chi connectivity index (χ0v) is 11.4. The fourth-order valence-electron chi connectivity index (χ4n) is 1.56. The Labute approximate surface area is 100 Å². The molecular formula is C12H18IN. The second-order valence-electron chi connectivity index (χ2n) is 4.74. The first-order chi connectivity index (χ1) is 6.23. The second kappa shape index (κ2) is 3.81. The van der Waals surface area contributed by atoms with E-state index in [9.17, 15) is 0 Å². The quantitative estimate of drug-likeness (QED) is 0.656. The van der Waals surface area contributed by atoms with Gasteiger partial charge in [-0.25, -0.2) is 0 Å². The molecule has 0 saturated heterocycles. The average Bonchev–Trinajstić information content (AvgIpc) is 2.01. The van der Waals surface area contributed by atoms with Crippen LogP contribution >= 0.6 is 22.6 Å². The summed E-state index contributed by atoms with van der Waals surface area (Å²) in [6, 6.07) is 8.41. The van der Waals surface area contributed by atoms with Gasteiger partial charge in [-0.05, 0) is 38.8 Å². The maximum Gasteiger partial charge on any atom is 0.0417 e. The number of rotatable bonds is 2. The van der Waals surface area contributed by atoms with Gasteiger partial charge in [-0.1, -0.05) is 46.9 Å². The molecule has 0 saturated carbocycles. The van der Waals surface area contributed by atoms with Crippen molar-refractivity contribution in [2.24, 2.45) is 5.73 Å². The molecule has 2 heteroatoms. The van der Waals surface area contributed by atoms with Crippen LogP contribution in [0.3, 0.4) is 0 Å². The van der Waals surface area contributed by atoms with Gasteiger partial charge < -0.3 is 5.73 Å². The van der Waals surface area contributed by atoms with Crippen LogP contribution in [0.25, 0.3) is 0 Å². The van der Waals surface area contributed by atoms with E-state index in [2.05, 4.69) is 60.7 Å². The lowest BCUT2D eigenvalue weighted by atomic mass is 9.86. The van der Waals surface area contributed by atoms with Crippen molar-refractivity contribution < 1.29 is 0 Å². The number of alkyl halides is 1. The minimum atomic E-state index is -0.265. The standard InChI is InChI=1S/C12H18IN/c1-11(2,13)9-7-5-6-8-10(9)12(3,4)14/h5-8H,14H2,1-4H3. The Morgan fingerprint density at radius 3 is 1.71 bits per heavy atom. The van der Waals surface area contributed by atoms with Gasteiger partial charge in [0.25, 0.3) is 0 Å². The van der Waals surface area contributed by atoms with E-state index in [1.807, 2.05) is 13.8 Å². The molecule has 0 spiro atoms. The van der Waals surface area contributed by atoms with Gasteiger partial charge in [-0.3, -0.25) is 0 Å². The van der Waals surface area contributed by atoms with Gasteiger partial charge in [0.1, 0.15) is 0 Å². The van der Waals surface area contributed by atoms with Crippen molar-refractivity contribution in [3.63, 3.8) is 0 Å². The van der Waals surface area contributed by atoms with Crippen molar-refractivity contribution in [2.75, 3.05) is 0 Å². The Morgan fingerprint density at radius 1 is 1.00 bits per heavy atom. The summed E-state index contributed by atoms with van der Waals surface area (Å²) < 4.78 is 0.130. The molecule has 0 aromatic heterocycles. The number of hydrogen-bond donors (Lipinski definition) is 1. The molecule has 1 nitrogen and oxygen atoms in total. The van der Waals surface area contributed by atoms with Gasteiger partial charge in [0.2, 0.25) is 0 Å². The average molecular weight is 303 g/mol. The largest absolute Gasteiger partial charge is 0.322 e. The molecule has 0 amide bonds. The summed E-state index contributed by atoms with van der Waals surface area (Å²) in [7, 11) is 0. The molecule has 0 aliphatic carbocycles. The maximum absolute atomic E-state index is 6.15. The molecule has 0 heterocycles. The van der Waals surface area contributed by atoms with E-state index in [0.29, 0.717) is 0 Å². The van der Waals surface area contributed by atoms with Crippen molar-refractivity contribution in [3.8, 4) is 0 Å². The van der Waals surface area contributed by atoms with Crippen LogP contribution in [0.2, 0.25) is 0 Å². The Balaban J connectivity index is 3.31. The third-order valence-corrected chi connectivity index (χ3v) is 2.84. The molecule has 0 fully saturated rings. The molecule has 1 aromatic carbocycles. The summed E-state index contributed by atoms with van der Waals surface area (Å²) in [5.74, 6) is 0. The van der Waals surface area contributed by atoms with E-state index in [1.165, 1.54) is 11.1 Å². The molecule has 78 valence electrons. The highest BCUT2D eigenvalue weighted by atomic mass is 127. The van der Waals surface area contributed by atoms with Crippen LogP contribution < -0.4 is 5.73 Å². The summed E-state index contributed by atoms with van der Waals surface area (Å²) in [6.07, 6.45) is 0. The first kappa shape index (κ1) is 12.0. The molecule has 0 aliphatic heterocycles. The smallest absolute Gasteiger partial charge is 0.0417 e. The topological polar surface area (TPSA) is 26.0 Å². The number of hydrogen-bond acceptors (Lipinski definition) is 1. The van der Waals surface area contributed by atoms with E-state index in [0.717, 1.165) is 0 Å². The molecule has 1 aromatic rings. The van der Waals surface area contributed by atoms with Crippen LogP contribution in [-0.2, 0) is 8.96 Å². The Morgan fingerprint density at radius 2 is 1.43 bits per heavy atom. The van der Waals surface area contributed by atoms with Crippen molar-refractivity contribution in [3.05, 3.63) is 35.4 Å². The molecule has 0 bridgehead atoms. The normalized spacial score (nSPS) is 13.0. The zero-order valence-electron chi connectivity index (χ0n) is 9.26. The van der Waals surface area contributed by atoms with Gasteiger partial charge in [-0.15, -0.1) is 0 Å². The van der Waals surface area contributed by atoms with Crippen molar-refractivity contribution >= 4 is 22.6 Å². The van der Waals surface area contributed by atoms with Crippen LogP contribution in [0.4, 0.5) is 0 Å². The van der Waals surface area contributed by atoms with E-state index in [4.69, 9.17) is 5.73 Å². The monoisotopic (exact) mass is 303 g/mol. The maximum atomic E-state index is 6.15. The van der Waals surface area contributed by atoms with Crippen LogP contribution in [0.1, 0.15) is 38.8 Å². The minimum Gasteiger partial charge on any atom is -0.322 e. The van der Waals surface area contributed by atoms with Crippen molar-refractivity contribution in [1.82, 2.24) is 0 Å². The lowest BCUT2D eigenvalue weighted by Crippen LogP contribution is -2.31. The van der Waals surface area contributed by atoms with Crippen molar-refractivity contribution in [2.45, 2.75) is 36.7 Å². The number of benzene rings is 1. The third kappa shape index (κ3) is 2.70. The highest BCUT2D eigenvalue weighted by Crippen LogP contribution is 2.36. The summed E-state index contributed by atoms with van der Waals surface area (Å²) >= 11 is 2.45. The van der Waals surface area contributed by atoms with E-state index in [1.54, 1.807) is 0 Å². The SMILES string of the molecule is CC(C)(N)c1ccccc1C(C)(C)I. The van der Waals surface area contributed by atoms with E-state index >= 15 is 0 Å². The minimum absolute atomic E-state index is 0.130. The molecule has 0 radical (unpaired) electrons. The van der Waals surface area contributed by atoms with Gasteiger partial charge in [-0.2, -0.15) is 0 Å². The fourth-order valence-corrected chi connectivity index (χ4v) is 2.03. The molecule has 1 rings (SSSR count). The third-order valence-electron chi connectivity index (χ3n) is 2.26. The summed E-state index contributed by atoms with van der Waals surface area (Å²) in [5.41, 5.74) is 8.45. The fraction of sp³-hybridized carbons (Fsp3) is 0.500. The summed E-state index contributed by atoms with van der Waals surface area (Å²) in [6.45, 7) is 8.51. The van der Waals surface area contributed by atoms with E-state index in [-0.39, 0.29) is 8.96 Å². The molecule has 0 atom stereocenters. The van der Waals surface area contributed by atoms with Gasteiger partial charge >= 0.3 is 0 Å². The van der Waals surface area contributed by atoms with E-state index < -0.39 is 0 Å². The lowest BCUT2D eigenvalue weighted by molar-refractivity contribution is 0.542. The number of halogens is 1. The predicted octanol–water partition coefficient (Wildman–Crippen LogP) is 3.55. The molecule has 2 N–H and O–H groups in total. The predicted molar refractivity (Wildman–Crippen MR) is 70.7 cm³/mol. The molecule has 0 aliphatic rings. The highest BCUT2D eigenvalue weighted by Gasteiger charge is 2.25. The number of nitrogens with two attached hydrogens (primary N) is 1. The zero-order chi connectivity index (χ0) is 11.0. The highest BCUT2D eigenvalue weighted by molar-refractivity contribution is 14.1. The van der Waals surface area contributed by atoms with Crippen molar-refractivity contribution in [1.29, 1.82) is 0 Å². The van der Waals surface area contributed by atoms with Crippen LogP contribution in [0, 0.1) is 0 Å². The lowest BCUT2D eigenvalue weighted by Gasteiger charge is -2.28. The first-order valence-corrected chi connectivity index (χ1v) is 5.88. The van der Waals surface area contributed by atoms with Crippen LogP contribution in [0.15, 0.2) is 24.3 Å². The Bertz CT molecular complexity index is 285.